The van der Waals surface area contributed by atoms with Crippen LogP contribution in [0.2, 0.25) is 0 Å². The largest absolute Gasteiger partial charge is 0.496 e. The van der Waals surface area contributed by atoms with Gasteiger partial charge in [0, 0.05) is 11.0 Å². The zero-order chi connectivity index (χ0) is 11.6. The summed E-state index contributed by atoms with van der Waals surface area (Å²) in [5.74, 6) is 0.922. The van der Waals surface area contributed by atoms with E-state index in [-0.39, 0.29) is 12.0 Å². The molecule has 2 nitrogen and oxygen atoms in total. The minimum atomic E-state index is -0.0312. The van der Waals surface area contributed by atoms with Crippen LogP contribution in [0.4, 0.5) is 0 Å². The molecule has 0 aliphatic heterocycles. The van der Waals surface area contributed by atoms with Gasteiger partial charge < -0.3 is 9.84 Å². The van der Waals surface area contributed by atoms with E-state index in [0.29, 0.717) is 0 Å². The van der Waals surface area contributed by atoms with Gasteiger partial charge in [-0.3, -0.25) is 0 Å². The smallest absolute Gasteiger partial charge is 0.122 e. The molecule has 0 unspecified atom stereocenters. The molecule has 1 saturated carbocycles. The van der Waals surface area contributed by atoms with E-state index in [0.717, 1.165) is 25.0 Å². The Morgan fingerprint density at radius 2 is 2.12 bits per heavy atom. The van der Waals surface area contributed by atoms with Gasteiger partial charge in [-0.2, -0.15) is 0 Å². The van der Waals surface area contributed by atoms with Crippen LogP contribution in [-0.4, -0.2) is 18.8 Å². The van der Waals surface area contributed by atoms with Crippen LogP contribution in [-0.2, 0) is 11.8 Å². The van der Waals surface area contributed by atoms with Crippen molar-refractivity contribution in [3.05, 3.63) is 29.3 Å². The predicted molar refractivity (Wildman–Crippen MR) is 65.0 cm³/mol. The first kappa shape index (κ1) is 11.5. The fraction of sp³-hybridized carbons (Fsp3) is 0.571. The Labute approximate surface area is 97.3 Å². The minimum absolute atomic E-state index is 0.0312. The molecule has 2 rings (SSSR count). The van der Waals surface area contributed by atoms with Gasteiger partial charge >= 0.3 is 0 Å². The van der Waals surface area contributed by atoms with E-state index in [9.17, 15) is 5.11 Å². The van der Waals surface area contributed by atoms with Crippen LogP contribution in [0.5, 0.6) is 5.75 Å². The minimum Gasteiger partial charge on any atom is -0.496 e. The Hall–Kier alpha value is -1.02. The summed E-state index contributed by atoms with van der Waals surface area (Å²) in [5, 5.41) is 9.62. The van der Waals surface area contributed by atoms with Crippen molar-refractivity contribution in [1.29, 1.82) is 0 Å². The third-order valence-corrected chi connectivity index (χ3v) is 3.86. The molecule has 0 aromatic heterocycles. The Morgan fingerprint density at radius 1 is 1.38 bits per heavy atom. The monoisotopic (exact) mass is 220 g/mol. The number of benzene rings is 1. The number of hydrogen-bond donors (Lipinski definition) is 1. The lowest BCUT2D eigenvalue weighted by Crippen LogP contribution is -2.38. The second-order valence-corrected chi connectivity index (χ2v) is 4.68. The van der Waals surface area contributed by atoms with Crippen molar-refractivity contribution in [3.63, 3.8) is 0 Å². The topological polar surface area (TPSA) is 29.5 Å². The van der Waals surface area contributed by atoms with E-state index in [1.165, 1.54) is 17.5 Å². The molecule has 0 radical (unpaired) electrons. The highest BCUT2D eigenvalue weighted by Crippen LogP contribution is 2.46. The molecular formula is C14H20O2. The molecule has 1 aliphatic rings. The van der Waals surface area contributed by atoms with Gasteiger partial charge in [0.25, 0.3) is 0 Å². The van der Waals surface area contributed by atoms with E-state index in [2.05, 4.69) is 19.1 Å². The molecule has 88 valence electrons. The van der Waals surface area contributed by atoms with Gasteiger partial charge in [0.15, 0.2) is 0 Å². The third kappa shape index (κ3) is 1.71. The van der Waals surface area contributed by atoms with Crippen LogP contribution in [0, 0.1) is 0 Å². The summed E-state index contributed by atoms with van der Waals surface area (Å²) in [7, 11) is 1.70. The molecule has 1 aromatic carbocycles. The van der Waals surface area contributed by atoms with E-state index < -0.39 is 0 Å². The normalized spacial score (nSPS) is 17.9. The van der Waals surface area contributed by atoms with Gasteiger partial charge in [-0.15, -0.1) is 0 Å². The van der Waals surface area contributed by atoms with E-state index in [1.807, 2.05) is 6.07 Å². The first-order chi connectivity index (χ1) is 7.75. The Kier molecular flexibility index (Phi) is 3.20. The lowest BCUT2D eigenvalue weighted by Gasteiger charge is -2.41. The van der Waals surface area contributed by atoms with Gasteiger partial charge in [0.2, 0.25) is 0 Å². The zero-order valence-electron chi connectivity index (χ0n) is 10.1. The van der Waals surface area contributed by atoms with Crippen molar-refractivity contribution in [2.24, 2.45) is 0 Å². The van der Waals surface area contributed by atoms with Gasteiger partial charge in [0.1, 0.15) is 5.75 Å². The maximum absolute atomic E-state index is 9.62. The van der Waals surface area contributed by atoms with Crippen molar-refractivity contribution in [2.75, 3.05) is 13.7 Å². The lowest BCUT2D eigenvalue weighted by atomic mass is 9.64. The Balaban J connectivity index is 2.43. The summed E-state index contributed by atoms with van der Waals surface area (Å²) in [6, 6.07) is 6.34. The van der Waals surface area contributed by atoms with Crippen LogP contribution in [0.1, 0.15) is 37.3 Å². The van der Waals surface area contributed by atoms with Gasteiger partial charge in [0.05, 0.1) is 13.7 Å². The Bertz CT molecular complexity index is 361. The molecule has 0 amide bonds. The Morgan fingerprint density at radius 3 is 2.56 bits per heavy atom. The van der Waals surface area contributed by atoms with Crippen LogP contribution in [0.3, 0.4) is 0 Å². The molecule has 1 N–H and O–H groups in total. The SMILES string of the molecule is CCc1ccc(OC)c(C2(CO)CCC2)c1. The molecular weight excluding hydrogens is 200 g/mol. The van der Waals surface area contributed by atoms with Crippen molar-refractivity contribution >= 4 is 0 Å². The average molecular weight is 220 g/mol. The summed E-state index contributed by atoms with van der Waals surface area (Å²) >= 11 is 0. The number of hydrogen-bond acceptors (Lipinski definition) is 2. The molecule has 16 heavy (non-hydrogen) atoms. The third-order valence-electron chi connectivity index (χ3n) is 3.86. The molecule has 2 heteroatoms. The highest BCUT2D eigenvalue weighted by Gasteiger charge is 2.40. The molecule has 0 bridgehead atoms. The first-order valence-corrected chi connectivity index (χ1v) is 6.04. The van der Waals surface area contributed by atoms with Gasteiger partial charge in [-0.25, -0.2) is 0 Å². The summed E-state index contributed by atoms with van der Waals surface area (Å²) in [4.78, 5) is 0. The highest BCUT2D eigenvalue weighted by atomic mass is 16.5. The second kappa shape index (κ2) is 4.46. The summed E-state index contributed by atoms with van der Waals surface area (Å²) in [6.45, 7) is 2.38. The fourth-order valence-corrected chi connectivity index (χ4v) is 2.51. The van der Waals surface area contributed by atoms with E-state index in [4.69, 9.17) is 4.74 Å². The van der Waals surface area contributed by atoms with Crippen molar-refractivity contribution in [1.82, 2.24) is 0 Å². The fourth-order valence-electron chi connectivity index (χ4n) is 2.51. The van der Waals surface area contributed by atoms with Crippen molar-refractivity contribution in [2.45, 2.75) is 38.0 Å². The number of aliphatic hydroxyl groups excluding tert-OH is 1. The molecule has 1 aliphatic carbocycles. The quantitative estimate of drug-likeness (QED) is 0.845. The molecule has 0 heterocycles. The molecule has 1 aromatic rings. The lowest BCUT2D eigenvalue weighted by molar-refractivity contribution is 0.117. The predicted octanol–water partition coefficient (Wildman–Crippen LogP) is 2.67. The number of aliphatic hydroxyl groups is 1. The van der Waals surface area contributed by atoms with Gasteiger partial charge in [-0.1, -0.05) is 25.5 Å². The molecule has 0 spiro atoms. The summed E-state index contributed by atoms with van der Waals surface area (Å²) < 4.78 is 5.42. The van der Waals surface area contributed by atoms with E-state index in [1.54, 1.807) is 7.11 Å². The molecule has 0 atom stereocenters. The standard InChI is InChI=1S/C14H20O2/c1-3-11-5-6-13(16-2)12(9-11)14(10-15)7-4-8-14/h5-6,9,15H,3-4,7-8,10H2,1-2H3. The van der Waals surface area contributed by atoms with Crippen LogP contribution < -0.4 is 4.74 Å². The molecule has 1 fully saturated rings. The van der Waals surface area contributed by atoms with Crippen molar-refractivity contribution < 1.29 is 9.84 Å². The highest BCUT2D eigenvalue weighted by molar-refractivity contribution is 5.44. The maximum atomic E-state index is 9.62. The van der Waals surface area contributed by atoms with Crippen LogP contribution in [0.25, 0.3) is 0 Å². The number of methoxy groups -OCH3 is 1. The summed E-state index contributed by atoms with van der Waals surface area (Å²) in [5.41, 5.74) is 2.48. The zero-order valence-corrected chi connectivity index (χ0v) is 10.1. The maximum Gasteiger partial charge on any atom is 0.122 e. The number of aryl methyl sites for hydroxylation is 1. The van der Waals surface area contributed by atoms with E-state index >= 15 is 0 Å². The summed E-state index contributed by atoms with van der Waals surface area (Å²) in [6.07, 6.45) is 4.39. The average Bonchev–Trinajstić information content (AvgIpc) is 2.28. The van der Waals surface area contributed by atoms with Crippen LogP contribution in [0.15, 0.2) is 18.2 Å². The van der Waals surface area contributed by atoms with Gasteiger partial charge in [-0.05, 0) is 30.9 Å². The van der Waals surface area contributed by atoms with Crippen LogP contribution >= 0.6 is 0 Å². The first-order valence-electron chi connectivity index (χ1n) is 6.04. The molecule has 0 saturated heterocycles. The van der Waals surface area contributed by atoms with Crippen molar-refractivity contribution in [3.8, 4) is 5.75 Å². The second-order valence-electron chi connectivity index (χ2n) is 4.68. The number of ether oxygens (including phenoxy) is 1. The number of rotatable bonds is 4.